The molecule has 176 valence electrons. The number of rotatable bonds is 9. The highest BCUT2D eigenvalue weighted by molar-refractivity contribution is 6.14. The van der Waals surface area contributed by atoms with Crippen LogP contribution in [0.25, 0.3) is 11.3 Å². The highest BCUT2D eigenvalue weighted by atomic mass is 16.5. The van der Waals surface area contributed by atoms with E-state index in [1.165, 1.54) is 12.3 Å². The standard InChI is InChI=1S/C26H29N5O3/c1-28-13-18-5-7-19(8-6-18)22(27)12-25(32)24-15-29-14-23(30-24)20-9-10-26(33)31(16-20)17-21-4-2-3-11-34-21/h5-10,14-16,21,27-28H,2-4,11-13,17H2,1H3. The second-order valence-electron chi connectivity index (χ2n) is 8.49. The van der Waals surface area contributed by atoms with Crippen molar-refractivity contribution in [1.82, 2.24) is 19.9 Å². The van der Waals surface area contributed by atoms with Crippen LogP contribution in [0.1, 0.15) is 47.3 Å². The van der Waals surface area contributed by atoms with Gasteiger partial charge in [0, 0.05) is 36.7 Å². The summed E-state index contributed by atoms with van der Waals surface area (Å²) in [7, 11) is 1.88. The third kappa shape index (κ3) is 5.89. The molecular weight excluding hydrogens is 430 g/mol. The molecule has 0 aliphatic carbocycles. The lowest BCUT2D eigenvalue weighted by molar-refractivity contribution is 0.00545. The molecule has 1 unspecified atom stereocenters. The topological polar surface area (TPSA) is 110 Å². The number of carbonyl (C=O) groups excluding carboxylic acids is 1. The minimum Gasteiger partial charge on any atom is -0.376 e. The number of pyridine rings is 1. The van der Waals surface area contributed by atoms with E-state index in [9.17, 15) is 9.59 Å². The number of nitrogens with zero attached hydrogens (tertiary/aromatic N) is 3. The molecule has 1 aliphatic rings. The Hall–Kier alpha value is -3.49. The molecule has 4 rings (SSSR count). The van der Waals surface area contributed by atoms with Gasteiger partial charge in [0.05, 0.1) is 37.2 Å². The zero-order chi connectivity index (χ0) is 23.9. The largest absolute Gasteiger partial charge is 0.376 e. The van der Waals surface area contributed by atoms with E-state index in [-0.39, 0.29) is 35.3 Å². The van der Waals surface area contributed by atoms with Crippen LogP contribution in [0, 0.1) is 5.41 Å². The summed E-state index contributed by atoms with van der Waals surface area (Å²) in [5.41, 5.74) is 3.35. The summed E-state index contributed by atoms with van der Waals surface area (Å²) in [4.78, 5) is 33.9. The van der Waals surface area contributed by atoms with Gasteiger partial charge in [0.1, 0.15) is 5.69 Å². The smallest absolute Gasteiger partial charge is 0.250 e. The maximum atomic E-state index is 12.8. The molecule has 1 atom stereocenters. The predicted octanol–water partition coefficient (Wildman–Crippen LogP) is 3.23. The Bertz CT molecular complexity index is 1210. The lowest BCUT2D eigenvalue weighted by Crippen LogP contribution is -2.30. The number of benzene rings is 1. The van der Waals surface area contributed by atoms with Gasteiger partial charge in [0.25, 0.3) is 5.56 Å². The molecule has 0 radical (unpaired) electrons. The molecule has 3 aromatic rings. The Morgan fingerprint density at radius 1 is 1.18 bits per heavy atom. The van der Waals surface area contributed by atoms with Gasteiger partial charge in [0.15, 0.2) is 5.78 Å². The second kappa shape index (κ2) is 11.1. The molecule has 1 aliphatic heterocycles. The van der Waals surface area contributed by atoms with Crippen molar-refractivity contribution in [2.24, 2.45) is 0 Å². The molecule has 0 bridgehead atoms. The van der Waals surface area contributed by atoms with Crippen molar-refractivity contribution in [2.75, 3.05) is 13.7 Å². The number of aromatic nitrogens is 3. The number of ether oxygens (including phenoxy) is 1. The summed E-state index contributed by atoms with van der Waals surface area (Å²) in [5.74, 6) is -0.275. The van der Waals surface area contributed by atoms with Crippen LogP contribution in [-0.4, -0.2) is 45.8 Å². The van der Waals surface area contributed by atoms with Crippen molar-refractivity contribution in [1.29, 1.82) is 5.41 Å². The number of hydrogen-bond donors (Lipinski definition) is 2. The average Bonchev–Trinajstić information content (AvgIpc) is 2.86. The normalized spacial score (nSPS) is 15.7. The summed E-state index contributed by atoms with van der Waals surface area (Å²) >= 11 is 0. The number of Topliss-reactive ketones (excluding diaryl/α,β-unsaturated/α-hetero) is 1. The molecule has 0 saturated carbocycles. The van der Waals surface area contributed by atoms with E-state index in [1.807, 2.05) is 31.3 Å². The van der Waals surface area contributed by atoms with E-state index in [1.54, 1.807) is 23.0 Å². The lowest BCUT2D eigenvalue weighted by Gasteiger charge is -2.23. The highest BCUT2D eigenvalue weighted by Gasteiger charge is 2.17. The summed E-state index contributed by atoms with van der Waals surface area (Å²) < 4.78 is 7.40. The molecule has 2 N–H and O–H groups in total. The van der Waals surface area contributed by atoms with Crippen LogP contribution in [0.5, 0.6) is 0 Å². The second-order valence-corrected chi connectivity index (χ2v) is 8.49. The predicted molar refractivity (Wildman–Crippen MR) is 130 cm³/mol. The monoisotopic (exact) mass is 459 g/mol. The molecule has 1 fully saturated rings. The first kappa shape index (κ1) is 23.7. The van der Waals surface area contributed by atoms with Crippen LogP contribution in [0.15, 0.2) is 59.8 Å². The third-order valence-electron chi connectivity index (χ3n) is 5.89. The van der Waals surface area contributed by atoms with Gasteiger partial charge in [0.2, 0.25) is 0 Å². The van der Waals surface area contributed by atoms with E-state index in [4.69, 9.17) is 10.1 Å². The van der Waals surface area contributed by atoms with Crippen molar-refractivity contribution in [3.8, 4) is 11.3 Å². The lowest BCUT2D eigenvalue weighted by atomic mass is 10.0. The first-order valence-electron chi connectivity index (χ1n) is 11.5. The van der Waals surface area contributed by atoms with Gasteiger partial charge < -0.3 is 20.0 Å². The van der Waals surface area contributed by atoms with Crippen molar-refractivity contribution in [2.45, 2.75) is 44.9 Å². The zero-order valence-electron chi connectivity index (χ0n) is 19.3. The minimum absolute atomic E-state index is 0.0269. The Balaban J connectivity index is 1.48. The number of ketones is 1. The molecular formula is C26H29N5O3. The quantitative estimate of drug-likeness (QED) is 0.376. The van der Waals surface area contributed by atoms with Crippen LogP contribution in [0.3, 0.4) is 0 Å². The molecule has 3 heterocycles. The van der Waals surface area contributed by atoms with Gasteiger partial charge >= 0.3 is 0 Å². The van der Waals surface area contributed by atoms with Gasteiger partial charge in [-0.3, -0.25) is 14.6 Å². The molecule has 0 spiro atoms. The molecule has 0 amide bonds. The van der Waals surface area contributed by atoms with Gasteiger partial charge in [-0.25, -0.2) is 4.98 Å². The fraction of sp³-hybridized carbons (Fsp3) is 0.346. The molecule has 34 heavy (non-hydrogen) atoms. The van der Waals surface area contributed by atoms with Crippen molar-refractivity contribution >= 4 is 11.5 Å². The number of hydrogen-bond acceptors (Lipinski definition) is 7. The summed E-state index contributed by atoms with van der Waals surface area (Å²) in [6.45, 7) is 1.96. The number of carbonyl (C=O) groups is 1. The van der Waals surface area contributed by atoms with Gasteiger partial charge in [-0.05, 0) is 43.5 Å². The average molecular weight is 460 g/mol. The van der Waals surface area contributed by atoms with Crippen molar-refractivity contribution in [3.63, 3.8) is 0 Å². The van der Waals surface area contributed by atoms with Crippen LogP contribution in [0.2, 0.25) is 0 Å². The van der Waals surface area contributed by atoms with Crippen LogP contribution in [0.4, 0.5) is 0 Å². The Kier molecular flexibility index (Phi) is 7.72. The SMILES string of the molecule is CNCc1ccc(C(=N)CC(=O)c2cncc(-c3ccc(=O)n(CC4CCCCO4)c3)n2)cc1. The Labute approximate surface area is 198 Å². The fourth-order valence-electron chi connectivity index (χ4n) is 4.02. The maximum absolute atomic E-state index is 12.8. The molecule has 1 aromatic carbocycles. The number of nitrogens with one attached hydrogen (secondary N) is 2. The zero-order valence-corrected chi connectivity index (χ0v) is 19.3. The highest BCUT2D eigenvalue weighted by Crippen LogP contribution is 2.18. The van der Waals surface area contributed by atoms with Gasteiger partial charge in [-0.2, -0.15) is 0 Å². The molecule has 8 nitrogen and oxygen atoms in total. The van der Waals surface area contributed by atoms with Crippen molar-refractivity contribution in [3.05, 3.63) is 82.2 Å². The molecule has 1 saturated heterocycles. The minimum atomic E-state index is -0.275. The van der Waals surface area contributed by atoms with Crippen molar-refractivity contribution < 1.29 is 9.53 Å². The summed E-state index contributed by atoms with van der Waals surface area (Å²) in [5, 5.41) is 11.4. The van der Waals surface area contributed by atoms with Crippen LogP contribution in [-0.2, 0) is 17.8 Å². The van der Waals surface area contributed by atoms with Crippen LogP contribution >= 0.6 is 0 Å². The molecule has 8 heteroatoms. The van der Waals surface area contributed by atoms with E-state index in [0.717, 1.165) is 38.0 Å². The summed E-state index contributed by atoms with van der Waals surface area (Å²) in [6, 6.07) is 10.8. The third-order valence-corrected chi connectivity index (χ3v) is 5.89. The molecule has 2 aromatic heterocycles. The van der Waals surface area contributed by atoms with E-state index in [0.29, 0.717) is 23.4 Å². The van der Waals surface area contributed by atoms with E-state index < -0.39 is 0 Å². The Morgan fingerprint density at radius 2 is 2.00 bits per heavy atom. The van der Waals surface area contributed by atoms with Crippen LogP contribution < -0.4 is 10.9 Å². The first-order valence-corrected chi connectivity index (χ1v) is 11.5. The van der Waals surface area contributed by atoms with Gasteiger partial charge in [-0.1, -0.05) is 24.3 Å². The van der Waals surface area contributed by atoms with E-state index >= 15 is 0 Å². The van der Waals surface area contributed by atoms with E-state index in [2.05, 4.69) is 15.3 Å². The maximum Gasteiger partial charge on any atom is 0.250 e. The summed E-state index contributed by atoms with van der Waals surface area (Å²) in [6.07, 6.45) is 7.79. The Morgan fingerprint density at radius 3 is 2.74 bits per heavy atom. The first-order chi connectivity index (χ1) is 16.5. The van der Waals surface area contributed by atoms with Gasteiger partial charge in [-0.15, -0.1) is 0 Å². The fourth-order valence-corrected chi connectivity index (χ4v) is 4.02.